The highest BCUT2D eigenvalue weighted by atomic mass is 16.3. The Hall–Kier alpha value is -2.08. The fraction of sp³-hybridized carbons (Fsp3) is 0.429. The molecule has 20 heavy (non-hydrogen) atoms. The number of urea groups is 1. The van der Waals surface area contributed by atoms with Crippen LogP contribution in [0.3, 0.4) is 0 Å². The number of amides is 3. The molecule has 2 unspecified atom stereocenters. The molecular weight excluding hydrogens is 258 g/mol. The van der Waals surface area contributed by atoms with Crippen LogP contribution in [0, 0.1) is 5.92 Å². The lowest BCUT2D eigenvalue weighted by molar-refractivity contribution is -0.125. The van der Waals surface area contributed by atoms with E-state index in [9.17, 15) is 14.7 Å². The molecule has 0 aromatic heterocycles. The van der Waals surface area contributed by atoms with E-state index in [0.29, 0.717) is 0 Å². The predicted octanol–water partition coefficient (Wildman–Crippen LogP) is 0.529. The smallest absolute Gasteiger partial charge is 0.312 e. The highest BCUT2D eigenvalue weighted by Crippen LogP contribution is 2.12. The molecule has 3 amide bonds. The molecular formula is C14H21N3O3. The standard InChI is InChI=1S/C14H21N3O3/c1-9(2)12(17-14(15)20)13(19)16-11(8-18)10-6-4-3-5-7-10/h3-7,9,11-12,18H,8H2,1-2H3,(H,16,19)(H3,15,17,20). The SMILES string of the molecule is CC(C)C(NC(N)=O)C(=O)NC(CO)c1ccccc1. The second-order valence-corrected chi connectivity index (χ2v) is 4.88. The second-order valence-electron chi connectivity index (χ2n) is 4.88. The quantitative estimate of drug-likeness (QED) is 0.610. The fourth-order valence-corrected chi connectivity index (χ4v) is 1.87. The minimum absolute atomic E-state index is 0.113. The zero-order valence-corrected chi connectivity index (χ0v) is 11.7. The van der Waals surface area contributed by atoms with Gasteiger partial charge in [0.15, 0.2) is 0 Å². The maximum absolute atomic E-state index is 12.2. The molecule has 2 atom stereocenters. The Kier molecular flexibility index (Phi) is 5.99. The summed E-state index contributed by atoms with van der Waals surface area (Å²) in [4.78, 5) is 23.1. The van der Waals surface area contributed by atoms with Gasteiger partial charge in [-0.2, -0.15) is 0 Å². The third-order valence-corrected chi connectivity index (χ3v) is 2.95. The van der Waals surface area contributed by atoms with E-state index in [1.807, 2.05) is 30.3 Å². The summed E-state index contributed by atoms with van der Waals surface area (Å²) in [5.74, 6) is -0.487. The summed E-state index contributed by atoms with van der Waals surface area (Å²) in [7, 11) is 0. The number of nitrogens with two attached hydrogens (primary N) is 1. The molecule has 110 valence electrons. The molecule has 0 saturated heterocycles. The molecule has 0 aliphatic heterocycles. The normalized spacial score (nSPS) is 13.6. The maximum Gasteiger partial charge on any atom is 0.312 e. The van der Waals surface area contributed by atoms with E-state index in [1.54, 1.807) is 13.8 Å². The van der Waals surface area contributed by atoms with Crippen molar-refractivity contribution < 1.29 is 14.7 Å². The van der Waals surface area contributed by atoms with Gasteiger partial charge in [0.25, 0.3) is 0 Å². The van der Waals surface area contributed by atoms with Crippen LogP contribution in [0.2, 0.25) is 0 Å². The van der Waals surface area contributed by atoms with Crippen LogP contribution in [0.4, 0.5) is 4.79 Å². The van der Waals surface area contributed by atoms with Crippen LogP contribution in [-0.2, 0) is 4.79 Å². The molecule has 0 fully saturated rings. The number of carbonyl (C=O) groups excluding carboxylic acids is 2. The molecule has 1 aromatic carbocycles. The highest BCUT2D eigenvalue weighted by molar-refractivity contribution is 5.87. The fourth-order valence-electron chi connectivity index (χ4n) is 1.87. The van der Waals surface area contributed by atoms with Crippen LogP contribution in [0.5, 0.6) is 0 Å². The first-order valence-electron chi connectivity index (χ1n) is 6.47. The van der Waals surface area contributed by atoms with Gasteiger partial charge in [0.2, 0.25) is 5.91 Å². The van der Waals surface area contributed by atoms with Gasteiger partial charge in [-0.15, -0.1) is 0 Å². The van der Waals surface area contributed by atoms with Gasteiger partial charge in [0.1, 0.15) is 6.04 Å². The molecule has 0 bridgehead atoms. The summed E-state index contributed by atoms with van der Waals surface area (Å²) in [6, 6.07) is 7.13. The summed E-state index contributed by atoms with van der Waals surface area (Å²) in [5, 5.41) is 14.5. The van der Waals surface area contributed by atoms with Crippen LogP contribution < -0.4 is 16.4 Å². The molecule has 0 radical (unpaired) electrons. The number of hydrogen-bond donors (Lipinski definition) is 4. The van der Waals surface area contributed by atoms with Gasteiger partial charge in [-0.3, -0.25) is 4.79 Å². The number of primary amides is 1. The number of aliphatic hydroxyl groups excluding tert-OH is 1. The van der Waals surface area contributed by atoms with Gasteiger partial charge in [-0.25, -0.2) is 4.79 Å². The Balaban J connectivity index is 2.77. The van der Waals surface area contributed by atoms with E-state index in [0.717, 1.165) is 5.56 Å². The van der Waals surface area contributed by atoms with Crippen molar-refractivity contribution in [1.82, 2.24) is 10.6 Å². The molecule has 0 heterocycles. The maximum atomic E-state index is 12.2. The van der Waals surface area contributed by atoms with Crippen LogP contribution in [0.15, 0.2) is 30.3 Å². The lowest BCUT2D eigenvalue weighted by atomic mass is 10.0. The Labute approximate surface area is 118 Å². The van der Waals surface area contributed by atoms with E-state index >= 15 is 0 Å². The molecule has 5 N–H and O–H groups in total. The van der Waals surface area contributed by atoms with Crippen molar-refractivity contribution in [3.63, 3.8) is 0 Å². The average Bonchev–Trinajstić information content (AvgIpc) is 2.42. The van der Waals surface area contributed by atoms with Crippen molar-refractivity contribution in [2.75, 3.05) is 6.61 Å². The largest absolute Gasteiger partial charge is 0.394 e. The van der Waals surface area contributed by atoms with Crippen molar-refractivity contribution in [1.29, 1.82) is 0 Å². The van der Waals surface area contributed by atoms with Crippen LogP contribution in [-0.4, -0.2) is 29.7 Å². The van der Waals surface area contributed by atoms with Crippen LogP contribution in [0.25, 0.3) is 0 Å². The molecule has 0 spiro atoms. The van der Waals surface area contributed by atoms with Gasteiger partial charge >= 0.3 is 6.03 Å². The Bertz CT molecular complexity index is 448. The second kappa shape index (κ2) is 7.49. The number of aliphatic hydroxyl groups is 1. The van der Waals surface area contributed by atoms with Gasteiger partial charge in [0.05, 0.1) is 12.6 Å². The minimum atomic E-state index is -0.751. The summed E-state index contributed by atoms with van der Waals surface area (Å²) in [5.41, 5.74) is 5.86. The lowest BCUT2D eigenvalue weighted by Crippen LogP contribution is -2.52. The summed E-state index contributed by atoms with van der Waals surface area (Å²) >= 11 is 0. The molecule has 0 saturated carbocycles. The van der Waals surface area contributed by atoms with Crippen LogP contribution in [0.1, 0.15) is 25.5 Å². The van der Waals surface area contributed by atoms with Crippen LogP contribution >= 0.6 is 0 Å². The number of benzene rings is 1. The molecule has 1 rings (SSSR count). The summed E-state index contributed by atoms with van der Waals surface area (Å²) < 4.78 is 0. The molecule has 6 heteroatoms. The minimum Gasteiger partial charge on any atom is -0.394 e. The first kappa shape index (κ1) is 16.0. The number of nitrogens with one attached hydrogen (secondary N) is 2. The van der Waals surface area contributed by atoms with Gasteiger partial charge in [-0.05, 0) is 11.5 Å². The van der Waals surface area contributed by atoms with Crippen molar-refractivity contribution in [3.05, 3.63) is 35.9 Å². The zero-order valence-electron chi connectivity index (χ0n) is 11.7. The molecule has 6 nitrogen and oxygen atoms in total. The summed E-state index contributed by atoms with van der Waals surface area (Å²) in [6.07, 6.45) is 0. The summed E-state index contributed by atoms with van der Waals surface area (Å²) in [6.45, 7) is 3.38. The predicted molar refractivity (Wildman–Crippen MR) is 75.8 cm³/mol. The molecule has 1 aromatic rings. The monoisotopic (exact) mass is 279 g/mol. The van der Waals surface area contributed by atoms with E-state index in [4.69, 9.17) is 5.73 Å². The van der Waals surface area contributed by atoms with E-state index in [1.165, 1.54) is 0 Å². The molecule has 0 aliphatic rings. The van der Waals surface area contributed by atoms with E-state index < -0.39 is 18.1 Å². The van der Waals surface area contributed by atoms with Crippen molar-refractivity contribution in [3.8, 4) is 0 Å². The Morgan fingerprint density at radius 1 is 1.20 bits per heavy atom. The third kappa shape index (κ3) is 4.55. The topological polar surface area (TPSA) is 104 Å². The highest BCUT2D eigenvalue weighted by Gasteiger charge is 2.25. The number of rotatable bonds is 6. The van der Waals surface area contributed by atoms with Crippen molar-refractivity contribution in [2.24, 2.45) is 11.7 Å². The number of hydrogen-bond acceptors (Lipinski definition) is 3. The molecule has 0 aliphatic carbocycles. The van der Waals surface area contributed by atoms with Crippen molar-refractivity contribution in [2.45, 2.75) is 25.9 Å². The first-order valence-corrected chi connectivity index (χ1v) is 6.47. The number of carbonyl (C=O) groups is 2. The average molecular weight is 279 g/mol. The lowest BCUT2D eigenvalue weighted by Gasteiger charge is -2.24. The van der Waals surface area contributed by atoms with Gasteiger partial charge in [-0.1, -0.05) is 44.2 Å². The zero-order chi connectivity index (χ0) is 15.1. The third-order valence-electron chi connectivity index (χ3n) is 2.95. The Morgan fingerprint density at radius 2 is 1.80 bits per heavy atom. The van der Waals surface area contributed by atoms with Gasteiger partial charge in [0, 0.05) is 0 Å². The van der Waals surface area contributed by atoms with Crippen molar-refractivity contribution >= 4 is 11.9 Å². The Morgan fingerprint density at radius 3 is 2.25 bits per heavy atom. The van der Waals surface area contributed by atoms with E-state index in [-0.39, 0.29) is 18.4 Å². The van der Waals surface area contributed by atoms with E-state index in [2.05, 4.69) is 10.6 Å². The van der Waals surface area contributed by atoms with Gasteiger partial charge < -0.3 is 21.5 Å². The first-order chi connectivity index (χ1) is 9.45.